The Morgan fingerprint density at radius 3 is 2.58 bits per heavy atom. The number of fused-ring (bicyclic) bond motifs is 1. The summed E-state index contributed by atoms with van der Waals surface area (Å²) in [5, 5.41) is 5.30. The SMILES string of the molecule is CCc1cc(CC)n2nc(CCCOc3ccc(Cl)cc3)nc2n1. The predicted molar refractivity (Wildman–Crippen MR) is 94.8 cm³/mol. The van der Waals surface area contributed by atoms with Crippen LogP contribution in [0.2, 0.25) is 5.02 Å². The molecule has 0 saturated carbocycles. The monoisotopic (exact) mass is 344 g/mol. The molecule has 0 aliphatic carbocycles. The minimum atomic E-state index is 0.617. The zero-order valence-electron chi connectivity index (χ0n) is 14.0. The van der Waals surface area contributed by atoms with Crippen LogP contribution in [0.1, 0.15) is 37.5 Å². The van der Waals surface area contributed by atoms with Gasteiger partial charge in [0.1, 0.15) is 5.75 Å². The fourth-order valence-corrected chi connectivity index (χ4v) is 2.64. The van der Waals surface area contributed by atoms with E-state index in [4.69, 9.17) is 16.3 Å². The summed E-state index contributed by atoms with van der Waals surface area (Å²) in [5.41, 5.74) is 2.21. The van der Waals surface area contributed by atoms with Gasteiger partial charge in [0.25, 0.3) is 5.78 Å². The third-order valence-electron chi connectivity index (χ3n) is 3.83. The van der Waals surface area contributed by atoms with Gasteiger partial charge >= 0.3 is 0 Å². The van der Waals surface area contributed by atoms with Gasteiger partial charge in [-0.25, -0.2) is 9.50 Å². The predicted octanol–water partition coefficient (Wildman–Crippen LogP) is 3.91. The second kappa shape index (κ2) is 7.62. The molecule has 126 valence electrons. The van der Waals surface area contributed by atoms with Crippen molar-refractivity contribution in [1.29, 1.82) is 0 Å². The minimum Gasteiger partial charge on any atom is -0.494 e. The van der Waals surface area contributed by atoms with Crippen LogP contribution in [0.3, 0.4) is 0 Å². The van der Waals surface area contributed by atoms with E-state index in [1.54, 1.807) is 0 Å². The average Bonchev–Trinajstić information content (AvgIpc) is 3.02. The third-order valence-corrected chi connectivity index (χ3v) is 4.09. The van der Waals surface area contributed by atoms with Crippen molar-refractivity contribution in [3.05, 3.63) is 52.6 Å². The molecule has 0 spiro atoms. The highest BCUT2D eigenvalue weighted by molar-refractivity contribution is 6.30. The van der Waals surface area contributed by atoms with Gasteiger partial charge in [0.15, 0.2) is 5.82 Å². The first-order valence-corrected chi connectivity index (χ1v) is 8.70. The molecule has 0 aliphatic heterocycles. The van der Waals surface area contributed by atoms with E-state index >= 15 is 0 Å². The Balaban J connectivity index is 1.62. The van der Waals surface area contributed by atoms with Crippen molar-refractivity contribution in [2.45, 2.75) is 39.5 Å². The molecule has 0 N–H and O–H groups in total. The van der Waals surface area contributed by atoms with Crippen molar-refractivity contribution in [3.8, 4) is 5.75 Å². The van der Waals surface area contributed by atoms with Crippen LogP contribution < -0.4 is 4.74 Å². The van der Waals surface area contributed by atoms with E-state index in [1.165, 1.54) is 0 Å². The molecule has 0 bridgehead atoms. The molecule has 3 rings (SSSR count). The van der Waals surface area contributed by atoms with Gasteiger partial charge in [-0.05, 0) is 49.6 Å². The van der Waals surface area contributed by atoms with Gasteiger partial charge < -0.3 is 4.74 Å². The summed E-state index contributed by atoms with van der Waals surface area (Å²) in [7, 11) is 0. The van der Waals surface area contributed by atoms with E-state index in [2.05, 4.69) is 35.0 Å². The van der Waals surface area contributed by atoms with Crippen molar-refractivity contribution < 1.29 is 4.74 Å². The molecule has 0 saturated heterocycles. The maximum atomic E-state index is 5.86. The smallest absolute Gasteiger partial charge is 0.252 e. The summed E-state index contributed by atoms with van der Waals surface area (Å²) in [5.74, 6) is 2.33. The Hall–Kier alpha value is -2.14. The Kier molecular flexibility index (Phi) is 5.30. The van der Waals surface area contributed by atoms with Gasteiger partial charge in [0, 0.05) is 22.8 Å². The summed E-state index contributed by atoms with van der Waals surface area (Å²) in [6, 6.07) is 9.49. The summed E-state index contributed by atoms with van der Waals surface area (Å²) < 4.78 is 7.56. The molecule has 0 fully saturated rings. The maximum Gasteiger partial charge on any atom is 0.252 e. The number of halogens is 1. The molecule has 1 aromatic carbocycles. The fraction of sp³-hybridized carbons (Fsp3) is 0.389. The van der Waals surface area contributed by atoms with E-state index in [1.807, 2.05) is 28.8 Å². The molecule has 0 amide bonds. The van der Waals surface area contributed by atoms with Gasteiger partial charge in [-0.2, -0.15) is 4.98 Å². The fourth-order valence-electron chi connectivity index (χ4n) is 2.51. The lowest BCUT2D eigenvalue weighted by Crippen LogP contribution is -2.03. The molecule has 0 atom stereocenters. The van der Waals surface area contributed by atoms with Gasteiger partial charge in [-0.1, -0.05) is 25.4 Å². The number of hydrogen-bond donors (Lipinski definition) is 0. The highest BCUT2D eigenvalue weighted by Gasteiger charge is 2.09. The molecule has 24 heavy (non-hydrogen) atoms. The number of benzene rings is 1. The molecule has 2 aromatic heterocycles. The van der Waals surface area contributed by atoms with Crippen LogP contribution in [0.15, 0.2) is 30.3 Å². The van der Waals surface area contributed by atoms with Gasteiger partial charge in [0.2, 0.25) is 0 Å². The van der Waals surface area contributed by atoms with E-state index in [9.17, 15) is 0 Å². The molecular weight excluding hydrogens is 324 g/mol. The van der Waals surface area contributed by atoms with Gasteiger partial charge in [-0.15, -0.1) is 5.10 Å². The first kappa shape index (κ1) is 16.7. The van der Waals surface area contributed by atoms with Crippen molar-refractivity contribution in [2.75, 3.05) is 6.61 Å². The summed E-state index contributed by atoms with van der Waals surface area (Å²) in [6.07, 6.45) is 3.43. The topological polar surface area (TPSA) is 52.3 Å². The quantitative estimate of drug-likeness (QED) is 0.610. The van der Waals surface area contributed by atoms with Crippen molar-refractivity contribution in [1.82, 2.24) is 19.6 Å². The standard InChI is InChI=1S/C18H21ClN4O/c1-3-14-12-15(4-2)23-18(20-14)21-17(22-23)6-5-11-24-16-9-7-13(19)8-10-16/h7-10,12H,3-6,11H2,1-2H3. The molecule has 0 unspecified atom stereocenters. The summed E-state index contributed by atoms with van der Waals surface area (Å²) in [4.78, 5) is 9.11. The normalized spacial score (nSPS) is 11.1. The molecule has 2 heterocycles. The number of aromatic nitrogens is 4. The zero-order valence-corrected chi connectivity index (χ0v) is 14.8. The Morgan fingerprint density at radius 1 is 1.08 bits per heavy atom. The number of nitrogens with zero attached hydrogens (tertiary/aromatic N) is 4. The largest absolute Gasteiger partial charge is 0.494 e. The van der Waals surface area contributed by atoms with Crippen LogP contribution in [0, 0.1) is 0 Å². The molecule has 5 nitrogen and oxygen atoms in total. The number of rotatable bonds is 7. The summed E-state index contributed by atoms with van der Waals surface area (Å²) in [6.45, 7) is 4.84. The number of hydrogen-bond acceptors (Lipinski definition) is 4. The van der Waals surface area contributed by atoms with E-state index in [-0.39, 0.29) is 0 Å². The Morgan fingerprint density at radius 2 is 1.88 bits per heavy atom. The van der Waals surface area contributed by atoms with Gasteiger partial charge in [0.05, 0.1) is 6.61 Å². The second-order valence-electron chi connectivity index (χ2n) is 5.59. The van der Waals surface area contributed by atoms with E-state index in [0.29, 0.717) is 17.4 Å². The highest BCUT2D eigenvalue weighted by Crippen LogP contribution is 2.16. The third kappa shape index (κ3) is 3.85. The summed E-state index contributed by atoms with van der Waals surface area (Å²) >= 11 is 5.86. The number of aryl methyl sites for hydroxylation is 3. The first-order chi connectivity index (χ1) is 11.7. The average molecular weight is 345 g/mol. The van der Waals surface area contributed by atoms with Crippen LogP contribution in [0.4, 0.5) is 0 Å². The molecule has 0 radical (unpaired) electrons. The van der Waals surface area contributed by atoms with Crippen LogP contribution in [-0.4, -0.2) is 26.2 Å². The molecule has 6 heteroatoms. The lowest BCUT2D eigenvalue weighted by atomic mass is 10.2. The van der Waals surface area contributed by atoms with Crippen LogP contribution in [-0.2, 0) is 19.3 Å². The lowest BCUT2D eigenvalue weighted by molar-refractivity contribution is 0.310. The zero-order chi connectivity index (χ0) is 16.9. The van der Waals surface area contributed by atoms with Crippen molar-refractivity contribution in [3.63, 3.8) is 0 Å². The van der Waals surface area contributed by atoms with Crippen LogP contribution in [0.25, 0.3) is 5.78 Å². The Bertz CT molecular complexity index is 814. The molecule has 0 aliphatic rings. The van der Waals surface area contributed by atoms with Crippen LogP contribution >= 0.6 is 11.6 Å². The van der Waals surface area contributed by atoms with Gasteiger partial charge in [-0.3, -0.25) is 0 Å². The van der Waals surface area contributed by atoms with E-state index < -0.39 is 0 Å². The van der Waals surface area contributed by atoms with Crippen molar-refractivity contribution >= 4 is 17.4 Å². The first-order valence-electron chi connectivity index (χ1n) is 8.32. The van der Waals surface area contributed by atoms with E-state index in [0.717, 1.165) is 48.6 Å². The molecule has 3 aromatic rings. The maximum absolute atomic E-state index is 5.86. The molecular formula is C18H21ClN4O. The highest BCUT2D eigenvalue weighted by atomic mass is 35.5. The lowest BCUT2D eigenvalue weighted by Gasteiger charge is -2.04. The van der Waals surface area contributed by atoms with Crippen LogP contribution in [0.5, 0.6) is 5.75 Å². The number of ether oxygens (including phenoxy) is 1. The minimum absolute atomic E-state index is 0.617. The second-order valence-corrected chi connectivity index (χ2v) is 6.03. The van der Waals surface area contributed by atoms with Crippen molar-refractivity contribution in [2.24, 2.45) is 0 Å². The Labute approximate surface area is 146 Å².